The maximum absolute atomic E-state index is 12.6. The Labute approximate surface area is 134 Å². The maximum atomic E-state index is 12.6. The molecule has 2 aliphatic heterocycles. The number of likely N-dealkylation sites (N-methyl/N-ethyl adjacent to an activating group) is 1. The SMILES string of the molecule is COc1ccc(C)c2c1O[C@H]1C(=O)C=C[C@@]3(O)[C@H]4C(C[C@]213)N4C. The number of hydrogen-bond donors (Lipinski definition) is 1. The summed E-state index contributed by atoms with van der Waals surface area (Å²) in [5.74, 6) is 1.17. The lowest BCUT2D eigenvalue weighted by Gasteiger charge is -2.45. The number of nitrogens with zero attached hydrogens (tertiary/aromatic N) is 1. The number of carbonyl (C=O) groups is 1. The van der Waals surface area contributed by atoms with Crippen molar-refractivity contribution in [2.75, 3.05) is 14.2 Å². The van der Waals surface area contributed by atoms with Gasteiger partial charge < -0.3 is 14.6 Å². The van der Waals surface area contributed by atoms with E-state index in [2.05, 4.69) is 4.90 Å². The zero-order valence-corrected chi connectivity index (χ0v) is 13.4. The summed E-state index contributed by atoms with van der Waals surface area (Å²) in [4.78, 5) is 14.7. The molecule has 0 bridgehead atoms. The largest absolute Gasteiger partial charge is 0.493 e. The number of fused-ring (bicyclic) bond motifs is 3. The molecule has 1 aromatic rings. The molecule has 1 N–H and O–H groups in total. The molecule has 1 saturated heterocycles. The van der Waals surface area contributed by atoms with Crippen LogP contribution < -0.4 is 9.47 Å². The van der Waals surface area contributed by atoms with E-state index in [1.54, 1.807) is 13.2 Å². The van der Waals surface area contributed by atoms with Crippen LogP contribution in [0.1, 0.15) is 17.5 Å². The monoisotopic (exact) mass is 313 g/mol. The van der Waals surface area contributed by atoms with E-state index in [0.29, 0.717) is 17.5 Å². The number of benzene rings is 1. The van der Waals surface area contributed by atoms with Gasteiger partial charge in [-0.3, -0.25) is 9.69 Å². The molecule has 2 aliphatic carbocycles. The van der Waals surface area contributed by atoms with E-state index in [9.17, 15) is 9.90 Å². The number of aliphatic hydroxyl groups is 1. The minimum absolute atomic E-state index is 0.0505. The Bertz CT molecular complexity index is 787. The predicted molar refractivity (Wildman–Crippen MR) is 82.9 cm³/mol. The number of methoxy groups -OCH3 is 1. The lowest BCUT2D eigenvalue weighted by molar-refractivity contribution is -0.130. The van der Waals surface area contributed by atoms with Gasteiger partial charge in [-0.05, 0) is 44.2 Å². The van der Waals surface area contributed by atoms with Crippen molar-refractivity contribution in [1.82, 2.24) is 4.90 Å². The second-order valence-electron chi connectivity index (χ2n) is 7.20. The van der Waals surface area contributed by atoms with Gasteiger partial charge in [-0.15, -0.1) is 0 Å². The van der Waals surface area contributed by atoms with Gasteiger partial charge in [-0.25, -0.2) is 0 Å². The van der Waals surface area contributed by atoms with Gasteiger partial charge in [0.2, 0.25) is 0 Å². The number of aryl methyl sites for hydroxylation is 1. The van der Waals surface area contributed by atoms with Gasteiger partial charge in [0, 0.05) is 11.6 Å². The van der Waals surface area contributed by atoms with Gasteiger partial charge in [0.1, 0.15) is 5.60 Å². The third-order valence-electron chi connectivity index (χ3n) is 6.37. The Morgan fingerprint density at radius 3 is 2.96 bits per heavy atom. The first-order valence-electron chi connectivity index (χ1n) is 7.98. The molecular formula is C18H19NO4. The second kappa shape index (κ2) is 3.79. The highest BCUT2D eigenvalue weighted by atomic mass is 16.5. The molecule has 23 heavy (non-hydrogen) atoms. The van der Waals surface area contributed by atoms with Crippen LogP contribution in [0.15, 0.2) is 24.3 Å². The molecule has 2 heterocycles. The topological polar surface area (TPSA) is 58.8 Å². The first-order chi connectivity index (χ1) is 11.0. The quantitative estimate of drug-likeness (QED) is 0.783. The number of piperidine rings is 1. The summed E-state index contributed by atoms with van der Waals surface area (Å²) in [6, 6.07) is 4.18. The van der Waals surface area contributed by atoms with Crippen LogP contribution in [0.5, 0.6) is 11.5 Å². The molecule has 1 aromatic carbocycles. The summed E-state index contributed by atoms with van der Waals surface area (Å²) in [6.07, 6.45) is 3.26. The molecule has 6 atom stereocenters. The standard InChI is InChI=1S/C18H19NO4/c1-9-4-5-12(22-3)14-13(9)17-8-10-15(19(10)2)18(17,21)7-6-11(20)16(17)23-14/h4-7,10,15-16,21H,8H2,1-3H3/t10?,15-,16+,17+,18-,19?/m1/s1. The van der Waals surface area contributed by atoms with E-state index >= 15 is 0 Å². The Balaban J connectivity index is 1.82. The summed E-state index contributed by atoms with van der Waals surface area (Å²) >= 11 is 0. The molecule has 5 heteroatoms. The van der Waals surface area contributed by atoms with Crippen molar-refractivity contribution in [2.45, 2.75) is 42.5 Å². The van der Waals surface area contributed by atoms with Gasteiger partial charge >= 0.3 is 0 Å². The van der Waals surface area contributed by atoms with Crippen molar-refractivity contribution in [3.63, 3.8) is 0 Å². The Morgan fingerprint density at radius 2 is 2.22 bits per heavy atom. The Kier molecular flexibility index (Phi) is 2.24. The van der Waals surface area contributed by atoms with Gasteiger partial charge in [0.25, 0.3) is 0 Å². The van der Waals surface area contributed by atoms with E-state index < -0.39 is 17.1 Å². The fourth-order valence-corrected chi connectivity index (χ4v) is 5.33. The molecule has 4 aliphatic rings. The number of rotatable bonds is 1. The number of likely N-dealkylation sites (tertiary alicyclic amines) is 1. The van der Waals surface area contributed by atoms with Crippen molar-refractivity contribution in [3.05, 3.63) is 35.4 Å². The zero-order valence-electron chi connectivity index (χ0n) is 13.4. The van der Waals surface area contributed by atoms with E-state index in [-0.39, 0.29) is 11.8 Å². The van der Waals surface area contributed by atoms with Crippen molar-refractivity contribution >= 4 is 5.78 Å². The van der Waals surface area contributed by atoms with Crippen molar-refractivity contribution in [1.29, 1.82) is 0 Å². The van der Waals surface area contributed by atoms with Crippen LogP contribution >= 0.6 is 0 Å². The highest BCUT2D eigenvalue weighted by molar-refractivity contribution is 5.99. The summed E-state index contributed by atoms with van der Waals surface area (Å²) in [7, 11) is 3.62. The third kappa shape index (κ3) is 1.24. The first-order valence-corrected chi connectivity index (χ1v) is 7.98. The van der Waals surface area contributed by atoms with Crippen LogP contribution in [0, 0.1) is 6.92 Å². The van der Waals surface area contributed by atoms with Crippen LogP contribution in [0.25, 0.3) is 0 Å². The van der Waals surface area contributed by atoms with Gasteiger partial charge in [0.15, 0.2) is 23.4 Å². The van der Waals surface area contributed by atoms with E-state index in [1.165, 1.54) is 6.08 Å². The summed E-state index contributed by atoms with van der Waals surface area (Å²) < 4.78 is 11.5. The number of ether oxygens (including phenoxy) is 2. The summed E-state index contributed by atoms with van der Waals surface area (Å²) in [5.41, 5.74) is 0.207. The molecular weight excluding hydrogens is 294 g/mol. The fraction of sp³-hybridized carbons (Fsp3) is 0.500. The lowest BCUT2D eigenvalue weighted by atomic mass is 9.61. The van der Waals surface area contributed by atoms with Gasteiger partial charge in [-0.2, -0.15) is 0 Å². The van der Waals surface area contributed by atoms with Crippen LogP contribution in [0.2, 0.25) is 0 Å². The second-order valence-corrected chi connectivity index (χ2v) is 7.20. The third-order valence-corrected chi connectivity index (χ3v) is 6.37. The lowest BCUT2D eigenvalue weighted by Crippen LogP contribution is -2.62. The van der Waals surface area contributed by atoms with Crippen LogP contribution in [0.3, 0.4) is 0 Å². The number of carbonyl (C=O) groups excluding carboxylic acids is 1. The smallest absolute Gasteiger partial charge is 0.196 e. The average molecular weight is 313 g/mol. The predicted octanol–water partition coefficient (Wildman–Crippen LogP) is 0.959. The van der Waals surface area contributed by atoms with Gasteiger partial charge in [0.05, 0.1) is 18.6 Å². The minimum Gasteiger partial charge on any atom is -0.493 e. The average Bonchev–Trinajstić information content (AvgIpc) is 2.91. The van der Waals surface area contributed by atoms with E-state index in [0.717, 1.165) is 17.5 Å². The Hall–Kier alpha value is -1.85. The molecule has 1 spiro atoms. The molecule has 5 rings (SSSR count). The minimum atomic E-state index is -1.08. The van der Waals surface area contributed by atoms with E-state index in [1.807, 2.05) is 26.1 Å². The Morgan fingerprint density at radius 1 is 1.43 bits per heavy atom. The van der Waals surface area contributed by atoms with Crippen LogP contribution in [-0.4, -0.2) is 53.7 Å². The van der Waals surface area contributed by atoms with Gasteiger partial charge in [-0.1, -0.05) is 6.07 Å². The maximum Gasteiger partial charge on any atom is 0.196 e. The zero-order chi connectivity index (χ0) is 16.1. The number of hydrogen-bond acceptors (Lipinski definition) is 5. The molecule has 0 aromatic heterocycles. The molecule has 2 fully saturated rings. The van der Waals surface area contributed by atoms with E-state index in [4.69, 9.17) is 9.47 Å². The molecule has 1 saturated carbocycles. The van der Waals surface area contributed by atoms with Crippen LogP contribution in [0.4, 0.5) is 0 Å². The summed E-state index contributed by atoms with van der Waals surface area (Å²) in [6.45, 7) is 2.01. The molecule has 0 radical (unpaired) electrons. The molecule has 2 unspecified atom stereocenters. The highest BCUT2D eigenvalue weighted by Gasteiger charge is 2.79. The molecule has 5 nitrogen and oxygen atoms in total. The molecule has 0 amide bonds. The van der Waals surface area contributed by atoms with Crippen molar-refractivity contribution in [3.8, 4) is 11.5 Å². The highest BCUT2D eigenvalue weighted by Crippen LogP contribution is 2.67. The number of ketones is 1. The molecule has 120 valence electrons. The van der Waals surface area contributed by atoms with Crippen molar-refractivity contribution < 1.29 is 19.4 Å². The van der Waals surface area contributed by atoms with Crippen molar-refractivity contribution in [2.24, 2.45) is 0 Å². The fourth-order valence-electron chi connectivity index (χ4n) is 5.33. The summed E-state index contributed by atoms with van der Waals surface area (Å²) in [5, 5.41) is 11.6. The normalized spacial score (nSPS) is 45.0. The van der Waals surface area contributed by atoms with Crippen LogP contribution in [-0.2, 0) is 10.2 Å². The first kappa shape index (κ1) is 13.6.